The maximum absolute atomic E-state index is 11.3. The van der Waals surface area contributed by atoms with Crippen molar-refractivity contribution in [2.75, 3.05) is 18.6 Å². The molecule has 1 heterocycles. The lowest BCUT2D eigenvalue weighted by Gasteiger charge is -2.26. The number of carboxylic acids is 1. The van der Waals surface area contributed by atoms with E-state index in [0.29, 0.717) is 6.42 Å². The monoisotopic (exact) mass is 335 g/mol. The molecule has 1 aromatic rings. The zero-order valence-corrected chi connectivity index (χ0v) is 14.5. The maximum Gasteiger partial charge on any atom is 0.323 e. The van der Waals surface area contributed by atoms with Gasteiger partial charge in [-0.05, 0) is 39.0 Å². The number of rotatable bonds is 10. The smallest absolute Gasteiger partial charge is 0.323 e. The average Bonchev–Trinajstić information content (AvgIpc) is 2.89. The van der Waals surface area contributed by atoms with E-state index in [-0.39, 0.29) is 0 Å². The second-order valence-corrected chi connectivity index (χ2v) is 7.93. The first-order valence-corrected chi connectivity index (χ1v) is 9.53. The summed E-state index contributed by atoms with van der Waals surface area (Å²) in [5, 5.41) is 20.6. The van der Waals surface area contributed by atoms with Crippen molar-refractivity contribution in [3.63, 3.8) is 0 Å². The van der Waals surface area contributed by atoms with Crippen LogP contribution in [0.3, 0.4) is 0 Å². The van der Waals surface area contributed by atoms with Crippen LogP contribution >= 0.6 is 34.9 Å². The standard InChI is InChI=1S/C12H21N3O2S3/c1-4-7-13-12(2,9(16)17)6-5-8-19-11-15-14-10(18-3)20-11/h13H,4-8H2,1-3H3,(H,16,17). The molecule has 0 saturated carbocycles. The lowest BCUT2D eigenvalue weighted by molar-refractivity contribution is -0.144. The van der Waals surface area contributed by atoms with Crippen LogP contribution in [0.2, 0.25) is 0 Å². The van der Waals surface area contributed by atoms with Gasteiger partial charge >= 0.3 is 5.97 Å². The Hall–Kier alpha value is -0.310. The Bertz CT molecular complexity index is 428. The molecule has 1 atom stereocenters. The van der Waals surface area contributed by atoms with E-state index in [1.165, 1.54) is 0 Å². The van der Waals surface area contributed by atoms with Crippen LogP contribution in [0.15, 0.2) is 8.68 Å². The van der Waals surface area contributed by atoms with Gasteiger partial charge in [0, 0.05) is 5.75 Å². The minimum Gasteiger partial charge on any atom is -0.480 e. The van der Waals surface area contributed by atoms with Gasteiger partial charge < -0.3 is 10.4 Å². The predicted molar refractivity (Wildman–Crippen MR) is 86.0 cm³/mol. The first kappa shape index (κ1) is 17.7. The molecule has 8 heteroatoms. The number of aromatic nitrogens is 2. The predicted octanol–water partition coefficient (Wildman–Crippen LogP) is 2.98. The molecule has 0 radical (unpaired) electrons. The molecule has 0 aromatic carbocycles. The van der Waals surface area contributed by atoms with Crippen molar-refractivity contribution in [3.8, 4) is 0 Å². The molecule has 0 amide bonds. The van der Waals surface area contributed by atoms with E-state index in [1.54, 1.807) is 41.8 Å². The van der Waals surface area contributed by atoms with Crippen molar-refractivity contribution in [1.29, 1.82) is 0 Å². The fourth-order valence-corrected chi connectivity index (χ4v) is 4.04. The number of aliphatic carboxylic acids is 1. The van der Waals surface area contributed by atoms with Crippen LogP contribution in [0.25, 0.3) is 0 Å². The molecule has 114 valence electrons. The van der Waals surface area contributed by atoms with Gasteiger partial charge in [0.05, 0.1) is 0 Å². The Balaban J connectivity index is 2.35. The second kappa shape index (κ2) is 8.86. The van der Waals surface area contributed by atoms with E-state index >= 15 is 0 Å². The van der Waals surface area contributed by atoms with Crippen molar-refractivity contribution in [2.45, 2.75) is 47.3 Å². The number of hydrogen-bond acceptors (Lipinski definition) is 7. The summed E-state index contributed by atoms with van der Waals surface area (Å²) in [5.41, 5.74) is -0.831. The first-order chi connectivity index (χ1) is 9.51. The Labute approximate surface area is 132 Å². The van der Waals surface area contributed by atoms with Crippen LogP contribution in [0.4, 0.5) is 0 Å². The van der Waals surface area contributed by atoms with Gasteiger partial charge in [0.2, 0.25) is 0 Å². The fraction of sp³-hybridized carbons (Fsp3) is 0.750. The van der Waals surface area contributed by atoms with Crippen LogP contribution < -0.4 is 5.32 Å². The van der Waals surface area contributed by atoms with Crippen LogP contribution in [0.1, 0.15) is 33.1 Å². The molecule has 0 saturated heterocycles. The lowest BCUT2D eigenvalue weighted by Crippen LogP contribution is -2.49. The van der Waals surface area contributed by atoms with Gasteiger partial charge in [0.25, 0.3) is 0 Å². The summed E-state index contributed by atoms with van der Waals surface area (Å²) in [5.74, 6) is 0.0798. The van der Waals surface area contributed by atoms with Gasteiger partial charge in [-0.15, -0.1) is 10.2 Å². The molecular formula is C12H21N3O2S3. The molecule has 2 N–H and O–H groups in total. The summed E-state index contributed by atoms with van der Waals surface area (Å²) >= 11 is 4.82. The fourth-order valence-electron chi connectivity index (χ4n) is 1.60. The van der Waals surface area contributed by atoms with E-state index < -0.39 is 11.5 Å². The molecule has 5 nitrogen and oxygen atoms in total. The Morgan fingerprint density at radius 3 is 2.70 bits per heavy atom. The number of thioether (sulfide) groups is 2. The molecule has 1 rings (SSSR count). The van der Waals surface area contributed by atoms with Gasteiger partial charge in [-0.25, -0.2) is 0 Å². The minimum atomic E-state index is -0.831. The average molecular weight is 336 g/mol. The van der Waals surface area contributed by atoms with Crippen molar-refractivity contribution in [2.24, 2.45) is 0 Å². The highest BCUT2D eigenvalue weighted by atomic mass is 32.2. The van der Waals surface area contributed by atoms with Gasteiger partial charge in [-0.2, -0.15) is 0 Å². The van der Waals surface area contributed by atoms with E-state index in [0.717, 1.165) is 33.8 Å². The van der Waals surface area contributed by atoms with Gasteiger partial charge in [0.1, 0.15) is 5.54 Å². The molecule has 1 unspecified atom stereocenters. The largest absolute Gasteiger partial charge is 0.480 e. The molecule has 0 aliphatic carbocycles. The summed E-state index contributed by atoms with van der Waals surface area (Å²) in [6.45, 7) is 4.51. The third-order valence-electron chi connectivity index (χ3n) is 2.85. The lowest BCUT2D eigenvalue weighted by atomic mass is 9.96. The van der Waals surface area contributed by atoms with Gasteiger partial charge in [0.15, 0.2) is 8.68 Å². The molecule has 0 bridgehead atoms. The SMILES string of the molecule is CCCNC(C)(CCCSc1nnc(SC)s1)C(=O)O. The molecule has 0 aliphatic rings. The molecule has 0 aliphatic heterocycles. The topological polar surface area (TPSA) is 75.1 Å². The molecule has 1 aromatic heterocycles. The number of carboxylic acid groups (broad SMARTS) is 1. The quantitative estimate of drug-likeness (QED) is 0.503. The highest BCUT2D eigenvalue weighted by Crippen LogP contribution is 2.28. The zero-order chi connectivity index (χ0) is 15.0. The Morgan fingerprint density at radius 1 is 1.45 bits per heavy atom. The van der Waals surface area contributed by atoms with E-state index in [1.807, 2.05) is 13.2 Å². The van der Waals surface area contributed by atoms with Crippen molar-refractivity contribution in [1.82, 2.24) is 15.5 Å². The number of nitrogens with zero attached hydrogens (tertiary/aromatic N) is 2. The van der Waals surface area contributed by atoms with E-state index in [9.17, 15) is 9.90 Å². The Morgan fingerprint density at radius 2 is 2.15 bits per heavy atom. The number of carbonyl (C=O) groups is 1. The first-order valence-electron chi connectivity index (χ1n) is 6.50. The van der Waals surface area contributed by atoms with Gasteiger partial charge in [-0.3, -0.25) is 4.79 Å². The van der Waals surface area contributed by atoms with Crippen molar-refractivity contribution in [3.05, 3.63) is 0 Å². The third-order valence-corrected chi connectivity index (χ3v) is 5.96. The number of nitrogens with one attached hydrogen (secondary N) is 1. The molecular weight excluding hydrogens is 314 g/mol. The molecule has 0 spiro atoms. The van der Waals surface area contributed by atoms with E-state index in [4.69, 9.17) is 0 Å². The van der Waals surface area contributed by atoms with Crippen LogP contribution in [0.5, 0.6) is 0 Å². The normalized spacial score (nSPS) is 14.2. The second-order valence-electron chi connectivity index (χ2n) is 4.55. The van der Waals surface area contributed by atoms with Crippen LogP contribution in [0, 0.1) is 0 Å². The molecule has 0 fully saturated rings. The number of hydrogen-bond donors (Lipinski definition) is 2. The minimum absolute atomic E-state index is 0.615. The summed E-state index contributed by atoms with van der Waals surface area (Å²) in [4.78, 5) is 11.3. The van der Waals surface area contributed by atoms with Crippen molar-refractivity contribution >= 4 is 40.8 Å². The maximum atomic E-state index is 11.3. The highest BCUT2D eigenvalue weighted by Gasteiger charge is 2.31. The van der Waals surface area contributed by atoms with Crippen LogP contribution in [-0.4, -0.2) is 45.4 Å². The van der Waals surface area contributed by atoms with Crippen LogP contribution in [-0.2, 0) is 4.79 Å². The summed E-state index contributed by atoms with van der Waals surface area (Å²) in [7, 11) is 0. The Kier molecular flexibility index (Phi) is 7.86. The summed E-state index contributed by atoms with van der Waals surface area (Å²) in [6, 6.07) is 0. The molecule has 20 heavy (non-hydrogen) atoms. The third kappa shape index (κ3) is 5.59. The zero-order valence-electron chi connectivity index (χ0n) is 12.0. The summed E-state index contributed by atoms with van der Waals surface area (Å²) in [6.07, 6.45) is 4.36. The van der Waals surface area contributed by atoms with Crippen molar-refractivity contribution < 1.29 is 9.90 Å². The van der Waals surface area contributed by atoms with E-state index in [2.05, 4.69) is 15.5 Å². The highest BCUT2D eigenvalue weighted by molar-refractivity contribution is 8.02. The summed E-state index contributed by atoms with van der Waals surface area (Å²) < 4.78 is 1.92. The van der Waals surface area contributed by atoms with Gasteiger partial charge in [-0.1, -0.05) is 41.8 Å².